The minimum Gasteiger partial charge on any atom is -0.373 e. The number of benzene rings is 1. The number of carbonyl (C=O) groups excluding carboxylic acids is 1. The maximum atomic E-state index is 11.7. The van der Waals surface area contributed by atoms with Crippen LogP contribution in [-0.4, -0.2) is 19.0 Å². The molecule has 0 N–H and O–H groups in total. The molecule has 0 fully saturated rings. The Hall–Kier alpha value is -1.15. The normalized spacial score (nSPS) is 10.4. The summed E-state index contributed by atoms with van der Waals surface area (Å²) in [6, 6.07) is 7.76. The van der Waals surface area contributed by atoms with E-state index in [9.17, 15) is 4.79 Å². The molecule has 0 radical (unpaired) electrons. The highest BCUT2D eigenvalue weighted by Crippen LogP contribution is 2.06. The highest BCUT2D eigenvalue weighted by Gasteiger charge is 2.05. The van der Waals surface area contributed by atoms with E-state index in [1.165, 1.54) is 5.56 Å². The standard InChI is InChI=1S/C14H20O2/c1-3-5-10-16-11-14(15)13-8-6-12(4-2)7-9-13/h6-9H,3-5,10-11H2,1-2H3. The topological polar surface area (TPSA) is 26.3 Å². The summed E-state index contributed by atoms with van der Waals surface area (Å²) >= 11 is 0. The van der Waals surface area contributed by atoms with Gasteiger partial charge < -0.3 is 4.74 Å². The number of unbranched alkanes of at least 4 members (excludes halogenated alkanes) is 1. The van der Waals surface area contributed by atoms with Crippen molar-refractivity contribution in [3.8, 4) is 0 Å². The summed E-state index contributed by atoms with van der Waals surface area (Å²) in [5.74, 6) is 0.0683. The lowest BCUT2D eigenvalue weighted by Gasteiger charge is -2.03. The molecule has 0 aromatic heterocycles. The van der Waals surface area contributed by atoms with Gasteiger partial charge in [0.05, 0.1) is 0 Å². The summed E-state index contributed by atoms with van der Waals surface area (Å²) in [5.41, 5.74) is 2.00. The Balaban J connectivity index is 2.40. The smallest absolute Gasteiger partial charge is 0.188 e. The van der Waals surface area contributed by atoms with Crippen LogP contribution < -0.4 is 0 Å². The SMILES string of the molecule is CCCCOCC(=O)c1ccc(CC)cc1. The molecule has 0 heterocycles. The third kappa shape index (κ3) is 4.15. The van der Waals surface area contributed by atoms with Crippen molar-refractivity contribution in [2.24, 2.45) is 0 Å². The predicted molar refractivity (Wildman–Crippen MR) is 65.9 cm³/mol. The Kier molecular flexibility index (Phi) is 5.79. The van der Waals surface area contributed by atoms with Gasteiger partial charge in [-0.05, 0) is 18.4 Å². The molecule has 2 nitrogen and oxygen atoms in total. The van der Waals surface area contributed by atoms with Gasteiger partial charge in [-0.1, -0.05) is 44.5 Å². The molecule has 0 saturated heterocycles. The first-order valence-electron chi connectivity index (χ1n) is 5.97. The molecule has 0 unspecified atom stereocenters. The van der Waals surface area contributed by atoms with Crippen molar-refractivity contribution < 1.29 is 9.53 Å². The highest BCUT2D eigenvalue weighted by molar-refractivity contribution is 5.97. The fourth-order valence-corrected chi connectivity index (χ4v) is 1.42. The van der Waals surface area contributed by atoms with Gasteiger partial charge >= 0.3 is 0 Å². The number of hydrogen-bond donors (Lipinski definition) is 0. The average molecular weight is 220 g/mol. The molecule has 0 aliphatic heterocycles. The van der Waals surface area contributed by atoms with Gasteiger partial charge in [-0.2, -0.15) is 0 Å². The van der Waals surface area contributed by atoms with Crippen molar-refractivity contribution >= 4 is 5.78 Å². The highest BCUT2D eigenvalue weighted by atomic mass is 16.5. The van der Waals surface area contributed by atoms with E-state index in [1.54, 1.807) is 0 Å². The van der Waals surface area contributed by atoms with Gasteiger partial charge in [-0.25, -0.2) is 0 Å². The molecule has 0 aliphatic carbocycles. The van der Waals surface area contributed by atoms with Gasteiger partial charge in [0.25, 0.3) is 0 Å². The minimum absolute atomic E-state index is 0.0683. The molecule has 1 rings (SSSR count). The van der Waals surface area contributed by atoms with Crippen molar-refractivity contribution in [2.45, 2.75) is 33.1 Å². The molecular weight excluding hydrogens is 200 g/mol. The monoisotopic (exact) mass is 220 g/mol. The van der Waals surface area contributed by atoms with E-state index in [4.69, 9.17) is 4.74 Å². The van der Waals surface area contributed by atoms with Crippen LogP contribution in [-0.2, 0) is 11.2 Å². The van der Waals surface area contributed by atoms with Crippen LogP contribution in [0.15, 0.2) is 24.3 Å². The summed E-state index contributed by atoms with van der Waals surface area (Å²) in [6.07, 6.45) is 3.11. The Morgan fingerprint density at radius 1 is 1.19 bits per heavy atom. The van der Waals surface area contributed by atoms with E-state index >= 15 is 0 Å². The number of hydrogen-bond acceptors (Lipinski definition) is 2. The zero-order valence-electron chi connectivity index (χ0n) is 10.2. The van der Waals surface area contributed by atoms with Crippen LogP contribution in [0.25, 0.3) is 0 Å². The Morgan fingerprint density at radius 3 is 2.44 bits per heavy atom. The van der Waals surface area contributed by atoms with Gasteiger partial charge in [0, 0.05) is 12.2 Å². The van der Waals surface area contributed by atoms with Crippen LogP contribution in [0.2, 0.25) is 0 Å². The van der Waals surface area contributed by atoms with Crippen molar-refractivity contribution in [1.29, 1.82) is 0 Å². The van der Waals surface area contributed by atoms with Crippen LogP contribution >= 0.6 is 0 Å². The first-order chi connectivity index (χ1) is 7.77. The van der Waals surface area contributed by atoms with Gasteiger partial charge in [-0.15, -0.1) is 0 Å². The zero-order chi connectivity index (χ0) is 11.8. The summed E-state index contributed by atoms with van der Waals surface area (Å²) in [4.78, 5) is 11.7. The Bertz CT molecular complexity index is 314. The van der Waals surface area contributed by atoms with Crippen molar-refractivity contribution in [2.75, 3.05) is 13.2 Å². The lowest BCUT2D eigenvalue weighted by atomic mass is 10.1. The quantitative estimate of drug-likeness (QED) is 0.521. The average Bonchev–Trinajstić information content (AvgIpc) is 2.34. The number of carbonyl (C=O) groups is 1. The first-order valence-corrected chi connectivity index (χ1v) is 5.97. The molecule has 88 valence electrons. The zero-order valence-corrected chi connectivity index (χ0v) is 10.2. The van der Waals surface area contributed by atoms with Gasteiger partial charge in [-0.3, -0.25) is 4.79 Å². The van der Waals surface area contributed by atoms with Gasteiger partial charge in [0.2, 0.25) is 0 Å². The van der Waals surface area contributed by atoms with E-state index in [0.717, 1.165) is 24.8 Å². The van der Waals surface area contributed by atoms with Gasteiger partial charge in [0.15, 0.2) is 5.78 Å². The molecule has 0 saturated carbocycles. The largest absolute Gasteiger partial charge is 0.373 e. The second-order valence-corrected chi connectivity index (χ2v) is 3.88. The van der Waals surface area contributed by atoms with Crippen molar-refractivity contribution in [1.82, 2.24) is 0 Å². The lowest BCUT2D eigenvalue weighted by Crippen LogP contribution is -2.09. The lowest BCUT2D eigenvalue weighted by molar-refractivity contribution is 0.0754. The van der Waals surface area contributed by atoms with Crippen molar-refractivity contribution in [3.05, 3.63) is 35.4 Å². The van der Waals surface area contributed by atoms with Crippen LogP contribution in [0, 0.1) is 0 Å². The first kappa shape index (κ1) is 12.9. The van der Waals surface area contributed by atoms with E-state index in [0.29, 0.717) is 6.61 Å². The van der Waals surface area contributed by atoms with Crippen LogP contribution in [0.3, 0.4) is 0 Å². The molecule has 1 aromatic carbocycles. The van der Waals surface area contributed by atoms with Crippen LogP contribution in [0.1, 0.15) is 42.6 Å². The second-order valence-electron chi connectivity index (χ2n) is 3.88. The molecule has 1 aromatic rings. The Morgan fingerprint density at radius 2 is 1.88 bits per heavy atom. The third-order valence-electron chi connectivity index (χ3n) is 2.56. The maximum Gasteiger partial charge on any atom is 0.188 e. The van der Waals surface area contributed by atoms with E-state index in [2.05, 4.69) is 13.8 Å². The fraction of sp³-hybridized carbons (Fsp3) is 0.500. The Labute approximate surface area is 97.6 Å². The molecule has 0 aliphatic rings. The number of Topliss-reactive ketones (excluding diaryl/α,β-unsaturated/α-hetero) is 1. The van der Waals surface area contributed by atoms with E-state index in [1.807, 2.05) is 24.3 Å². The van der Waals surface area contributed by atoms with Gasteiger partial charge in [0.1, 0.15) is 6.61 Å². The molecule has 0 bridgehead atoms. The minimum atomic E-state index is 0.0683. The molecule has 2 heteroatoms. The number of ketones is 1. The molecule has 0 spiro atoms. The summed E-state index contributed by atoms with van der Waals surface area (Å²) in [6.45, 7) is 5.08. The maximum absolute atomic E-state index is 11.7. The van der Waals surface area contributed by atoms with E-state index < -0.39 is 0 Å². The van der Waals surface area contributed by atoms with E-state index in [-0.39, 0.29) is 12.4 Å². The molecule has 0 atom stereocenters. The molecule has 16 heavy (non-hydrogen) atoms. The predicted octanol–water partition coefficient (Wildman–Crippen LogP) is 3.25. The van der Waals surface area contributed by atoms with Crippen LogP contribution in [0.5, 0.6) is 0 Å². The van der Waals surface area contributed by atoms with Crippen LogP contribution in [0.4, 0.5) is 0 Å². The third-order valence-corrected chi connectivity index (χ3v) is 2.56. The second kappa shape index (κ2) is 7.18. The molecule has 0 amide bonds. The molecular formula is C14H20O2. The fourth-order valence-electron chi connectivity index (χ4n) is 1.42. The summed E-state index contributed by atoms with van der Waals surface area (Å²) in [5, 5.41) is 0. The number of ether oxygens (including phenoxy) is 1. The summed E-state index contributed by atoms with van der Waals surface area (Å²) < 4.78 is 5.30. The van der Waals surface area contributed by atoms with Crippen molar-refractivity contribution in [3.63, 3.8) is 0 Å². The number of aryl methyl sites for hydroxylation is 1. The number of rotatable bonds is 7. The summed E-state index contributed by atoms with van der Waals surface area (Å²) in [7, 11) is 0.